The number of amides is 1. The van der Waals surface area contributed by atoms with Crippen LogP contribution in [0.2, 0.25) is 0 Å². The van der Waals surface area contributed by atoms with E-state index in [0.29, 0.717) is 6.42 Å². The molecule has 70 valence electrons. The van der Waals surface area contributed by atoms with Crippen molar-refractivity contribution in [3.8, 4) is 12.0 Å². The van der Waals surface area contributed by atoms with Crippen LogP contribution in [0.25, 0.3) is 0 Å². The van der Waals surface area contributed by atoms with Crippen molar-refractivity contribution in [2.45, 2.75) is 12.8 Å². The first kappa shape index (κ1) is 8.83. The molecule has 1 amide bonds. The number of hydrogen-bond donors (Lipinski definition) is 0. The quantitative estimate of drug-likeness (QED) is 0.562. The van der Waals surface area contributed by atoms with Gasteiger partial charge < -0.3 is 0 Å². The van der Waals surface area contributed by atoms with Gasteiger partial charge in [-0.1, -0.05) is 18.2 Å². The minimum Gasteiger partial charge on any atom is -0.274 e. The predicted molar refractivity (Wildman–Crippen MR) is 54.3 cm³/mol. The number of likely N-dealkylation sites (tertiary alicyclic amines) is 1. The van der Waals surface area contributed by atoms with E-state index >= 15 is 0 Å². The highest BCUT2D eigenvalue weighted by atomic mass is 16.2. The summed E-state index contributed by atoms with van der Waals surface area (Å²) in [6.45, 7) is 0.776. The minimum atomic E-state index is 0.147. The molecule has 1 fully saturated rings. The Morgan fingerprint density at radius 2 is 2.00 bits per heavy atom. The molecule has 14 heavy (non-hydrogen) atoms. The number of benzene rings is 1. The van der Waals surface area contributed by atoms with Gasteiger partial charge in [0.05, 0.1) is 0 Å². The van der Waals surface area contributed by atoms with Crippen molar-refractivity contribution in [1.82, 2.24) is 4.90 Å². The van der Waals surface area contributed by atoms with Crippen molar-refractivity contribution in [2.75, 3.05) is 6.54 Å². The maximum absolute atomic E-state index is 11.2. The first-order chi connectivity index (χ1) is 6.86. The minimum absolute atomic E-state index is 0.147. The normalized spacial score (nSPS) is 15.1. The van der Waals surface area contributed by atoms with Crippen LogP contribution in [0, 0.1) is 12.0 Å². The van der Waals surface area contributed by atoms with Gasteiger partial charge in [0, 0.05) is 24.6 Å². The summed E-state index contributed by atoms with van der Waals surface area (Å²) >= 11 is 0. The maximum atomic E-state index is 11.2. The van der Waals surface area contributed by atoms with Crippen LogP contribution in [0.5, 0.6) is 0 Å². The van der Waals surface area contributed by atoms with E-state index in [0.717, 1.165) is 18.5 Å². The molecule has 0 N–H and O–H groups in total. The highest BCUT2D eigenvalue weighted by molar-refractivity contribution is 5.80. The molecule has 0 radical (unpaired) electrons. The van der Waals surface area contributed by atoms with Crippen LogP contribution >= 0.6 is 0 Å². The van der Waals surface area contributed by atoms with E-state index in [1.807, 2.05) is 30.3 Å². The molecule has 2 rings (SSSR count). The van der Waals surface area contributed by atoms with Gasteiger partial charge >= 0.3 is 0 Å². The van der Waals surface area contributed by atoms with Crippen LogP contribution < -0.4 is 0 Å². The third-order valence-corrected chi connectivity index (χ3v) is 2.18. The van der Waals surface area contributed by atoms with E-state index in [1.165, 1.54) is 0 Å². The van der Waals surface area contributed by atoms with E-state index in [2.05, 4.69) is 12.0 Å². The van der Waals surface area contributed by atoms with Crippen molar-refractivity contribution >= 4 is 5.91 Å². The largest absolute Gasteiger partial charge is 0.274 e. The van der Waals surface area contributed by atoms with E-state index in [4.69, 9.17) is 0 Å². The smallest absolute Gasteiger partial charge is 0.234 e. The lowest BCUT2D eigenvalue weighted by atomic mass is 10.2. The Morgan fingerprint density at radius 3 is 2.64 bits per heavy atom. The van der Waals surface area contributed by atoms with Gasteiger partial charge in [-0.2, -0.15) is 0 Å². The summed E-state index contributed by atoms with van der Waals surface area (Å²) in [6, 6.07) is 12.6. The monoisotopic (exact) mass is 185 g/mol. The van der Waals surface area contributed by atoms with E-state index in [-0.39, 0.29) is 5.91 Å². The zero-order chi connectivity index (χ0) is 9.80. The fraction of sp³-hybridized carbons (Fsp3) is 0.250. The van der Waals surface area contributed by atoms with E-state index in [1.54, 1.807) is 4.90 Å². The topological polar surface area (TPSA) is 20.3 Å². The van der Waals surface area contributed by atoms with Gasteiger partial charge in [0.1, 0.15) is 0 Å². The van der Waals surface area contributed by atoms with Crippen molar-refractivity contribution in [3.05, 3.63) is 35.9 Å². The van der Waals surface area contributed by atoms with Crippen molar-refractivity contribution < 1.29 is 4.79 Å². The Hall–Kier alpha value is -1.75. The second-order valence-electron chi connectivity index (χ2n) is 3.25. The summed E-state index contributed by atoms with van der Waals surface area (Å²) in [5.41, 5.74) is 0.951. The van der Waals surface area contributed by atoms with Gasteiger partial charge in [0.25, 0.3) is 0 Å². The van der Waals surface area contributed by atoms with Crippen LogP contribution in [0.4, 0.5) is 0 Å². The first-order valence-electron chi connectivity index (χ1n) is 4.73. The van der Waals surface area contributed by atoms with Crippen molar-refractivity contribution in [2.24, 2.45) is 0 Å². The Labute approximate surface area is 83.5 Å². The molecule has 2 nitrogen and oxygen atoms in total. The summed E-state index contributed by atoms with van der Waals surface area (Å²) in [5, 5.41) is 0. The van der Waals surface area contributed by atoms with Crippen LogP contribution in [-0.4, -0.2) is 17.4 Å². The molecule has 2 heteroatoms. The van der Waals surface area contributed by atoms with Gasteiger partial charge in [-0.3, -0.25) is 9.69 Å². The maximum Gasteiger partial charge on any atom is 0.234 e. The Kier molecular flexibility index (Phi) is 2.51. The van der Waals surface area contributed by atoms with Gasteiger partial charge in [0.2, 0.25) is 5.91 Å². The predicted octanol–water partition coefficient (Wildman–Crippen LogP) is 1.62. The molecule has 1 aromatic carbocycles. The number of carbonyl (C=O) groups excluding carboxylic acids is 1. The lowest BCUT2D eigenvalue weighted by Gasteiger charge is -2.03. The highest BCUT2D eigenvalue weighted by Gasteiger charge is 2.17. The van der Waals surface area contributed by atoms with Crippen LogP contribution in [0.15, 0.2) is 30.3 Å². The summed E-state index contributed by atoms with van der Waals surface area (Å²) in [7, 11) is 0. The number of carbonyl (C=O) groups is 1. The molecule has 1 aliphatic rings. The standard InChI is InChI=1S/C12H11NO/c14-12-7-4-9-13(12)10-8-11-5-2-1-3-6-11/h1-3,5-6H,4,7,9H2. The van der Waals surface area contributed by atoms with Crippen LogP contribution in [-0.2, 0) is 4.79 Å². The van der Waals surface area contributed by atoms with Gasteiger partial charge in [0.15, 0.2) is 0 Å². The molecule has 0 unspecified atom stereocenters. The number of rotatable bonds is 0. The number of hydrogen-bond acceptors (Lipinski definition) is 1. The molecule has 0 atom stereocenters. The fourth-order valence-corrected chi connectivity index (χ4v) is 1.42. The molecule has 1 saturated heterocycles. The van der Waals surface area contributed by atoms with Crippen LogP contribution in [0.3, 0.4) is 0 Å². The second-order valence-corrected chi connectivity index (χ2v) is 3.25. The van der Waals surface area contributed by atoms with Gasteiger partial charge in [-0.25, -0.2) is 0 Å². The third kappa shape index (κ3) is 1.94. The van der Waals surface area contributed by atoms with Crippen LogP contribution in [0.1, 0.15) is 18.4 Å². The SMILES string of the molecule is O=C1CCCN1C#Cc1ccccc1. The molecular formula is C12H11NO. The molecule has 0 aromatic heterocycles. The Bertz CT molecular complexity index is 386. The molecule has 0 bridgehead atoms. The summed E-state index contributed by atoms with van der Waals surface area (Å²) in [5.74, 6) is 3.12. The molecular weight excluding hydrogens is 174 g/mol. The molecule has 1 heterocycles. The summed E-state index contributed by atoms with van der Waals surface area (Å²) in [4.78, 5) is 12.8. The molecule has 1 aliphatic heterocycles. The lowest BCUT2D eigenvalue weighted by molar-refractivity contribution is -0.124. The number of nitrogens with zero attached hydrogens (tertiary/aromatic N) is 1. The molecule has 0 spiro atoms. The summed E-state index contributed by atoms with van der Waals surface area (Å²) in [6.07, 6.45) is 1.58. The van der Waals surface area contributed by atoms with Crippen molar-refractivity contribution in [1.29, 1.82) is 0 Å². The van der Waals surface area contributed by atoms with Gasteiger partial charge in [-0.15, -0.1) is 0 Å². The average Bonchev–Trinajstić information content (AvgIpc) is 2.63. The van der Waals surface area contributed by atoms with E-state index in [9.17, 15) is 4.79 Å². The zero-order valence-electron chi connectivity index (χ0n) is 7.86. The fourth-order valence-electron chi connectivity index (χ4n) is 1.42. The van der Waals surface area contributed by atoms with Gasteiger partial charge in [-0.05, 0) is 24.5 Å². The molecule has 0 aliphatic carbocycles. The van der Waals surface area contributed by atoms with E-state index < -0.39 is 0 Å². The first-order valence-corrected chi connectivity index (χ1v) is 4.73. The molecule has 1 aromatic rings. The zero-order valence-corrected chi connectivity index (χ0v) is 7.86. The summed E-state index contributed by atoms with van der Waals surface area (Å²) < 4.78 is 0. The average molecular weight is 185 g/mol. The highest BCUT2D eigenvalue weighted by Crippen LogP contribution is 2.07. The molecule has 0 saturated carbocycles. The Morgan fingerprint density at radius 1 is 1.21 bits per heavy atom. The Balaban J connectivity index is 2.10. The third-order valence-electron chi connectivity index (χ3n) is 2.18. The lowest BCUT2D eigenvalue weighted by Crippen LogP contribution is -2.17. The second kappa shape index (κ2) is 3.97. The van der Waals surface area contributed by atoms with Crippen molar-refractivity contribution in [3.63, 3.8) is 0 Å².